The molecule has 3 nitrogen and oxygen atoms in total. The van der Waals surface area contributed by atoms with Crippen molar-refractivity contribution in [2.24, 2.45) is 5.92 Å². The molecule has 3 heteroatoms. The third-order valence-corrected chi connectivity index (χ3v) is 3.66. The molecule has 1 aromatic carbocycles. The summed E-state index contributed by atoms with van der Waals surface area (Å²) in [4.78, 5) is 14.2. The van der Waals surface area contributed by atoms with Crippen molar-refractivity contribution in [1.29, 1.82) is 0 Å². The van der Waals surface area contributed by atoms with Crippen molar-refractivity contribution in [1.82, 2.24) is 0 Å². The minimum absolute atomic E-state index is 0.0573. The number of aryl methyl sites for hydroxylation is 1. The highest BCUT2D eigenvalue weighted by Crippen LogP contribution is 2.23. The minimum Gasteiger partial charge on any atom is -0.372 e. The molecule has 1 N–H and O–H groups in total. The summed E-state index contributed by atoms with van der Waals surface area (Å²) in [5.74, 6) is 0.156. The van der Waals surface area contributed by atoms with E-state index in [0.717, 1.165) is 30.8 Å². The first-order valence-electron chi connectivity index (χ1n) is 7.19. The van der Waals surface area contributed by atoms with Gasteiger partial charge in [0.2, 0.25) is 5.91 Å². The summed E-state index contributed by atoms with van der Waals surface area (Å²) in [5, 5.41) is 3.01. The zero-order valence-electron chi connectivity index (χ0n) is 12.8. The van der Waals surface area contributed by atoms with E-state index in [1.807, 2.05) is 26.8 Å². The van der Waals surface area contributed by atoms with E-state index in [4.69, 9.17) is 0 Å². The fourth-order valence-electron chi connectivity index (χ4n) is 2.01. The van der Waals surface area contributed by atoms with Crippen molar-refractivity contribution < 1.29 is 4.79 Å². The minimum atomic E-state index is 0.0573. The summed E-state index contributed by atoms with van der Waals surface area (Å²) >= 11 is 0. The van der Waals surface area contributed by atoms with Gasteiger partial charge in [-0.25, -0.2) is 0 Å². The number of nitrogens with zero attached hydrogens (tertiary/aromatic N) is 1. The van der Waals surface area contributed by atoms with Crippen molar-refractivity contribution in [3.8, 4) is 0 Å². The summed E-state index contributed by atoms with van der Waals surface area (Å²) < 4.78 is 0. The van der Waals surface area contributed by atoms with Gasteiger partial charge in [-0.1, -0.05) is 13.8 Å². The van der Waals surface area contributed by atoms with Gasteiger partial charge in [-0.2, -0.15) is 0 Å². The van der Waals surface area contributed by atoms with Crippen LogP contribution in [0.2, 0.25) is 0 Å². The van der Waals surface area contributed by atoms with Crippen LogP contribution in [0, 0.1) is 12.8 Å². The molecule has 1 amide bonds. The molecule has 1 aromatic rings. The predicted octanol–water partition coefficient (Wildman–Crippen LogP) is 3.83. The molecule has 0 saturated carbocycles. The van der Waals surface area contributed by atoms with E-state index >= 15 is 0 Å². The predicted molar refractivity (Wildman–Crippen MR) is 82.8 cm³/mol. The number of benzene rings is 1. The number of carbonyl (C=O) groups is 1. The molecule has 0 aliphatic carbocycles. The lowest BCUT2D eigenvalue weighted by molar-refractivity contribution is -0.119. The maximum Gasteiger partial charge on any atom is 0.227 e. The Kier molecular flexibility index (Phi) is 5.87. The van der Waals surface area contributed by atoms with Gasteiger partial charge in [0.1, 0.15) is 0 Å². The number of hydrogen-bond donors (Lipinski definition) is 1. The summed E-state index contributed by atoms with van der Waals surface area (Å²) in [7, 11) is 0. The average Bonchev–Trinajstić information content (AvgIpc) is 2.42. The zero-order valence-corrected chi connectivity index (χ0v) is 12.8. The molecular weight excluding hydrogens is 236 g/mol. The van der Waals surface area contributed by atoms with E-state index in [1.54, 1.807) is 0 Å². The highest BCUT2D eigenvalue weighted by atomic mass is 16.1. The first-order valence-corrected chi connectivity index (χ1v) is 7.19. The van der Waals surface area contributed by atoms with Crippen LogP contribution in [0.15, 0.2) is 18.2 Å². The Labute approximate surface area is 117 Å². The lowest BCUT2D eigenvalue weighted by Crippen LogP contribution is -2.22. The average molecular weight is 262 g/mol. The Morgan fingerprint density at radius 3 is 2.37 bits per heavy atom. The fraction of sp³-hybridized carbons (Fsp3) is 0.562. The van der Waals surface area contributed by atoms with Gasteiger partial charge in [0.05, 0.1) is 0 Å². The van der Waals surface area contributed by atoms with Gasteiger partial charge >= 0.3 is 0 Å². The zero-order chi connectivity index (χ0) is 14.4. The third-order valence-electron chi connectivity index (χ3n) is 3.66. The second-order valence-corrected chi connectivity index (χ2v) is 4.97. The molecule has 0 aromatic heterocycles. The highest BCUT2D eigenvalue weighted by molar-refractivity contribution is 5.93. The first-order chi connectivity index (χ1) is 9.03. The van der Waals surface area contributed by atoms with Crippen molar-refractivity contribution in [3.05, 3.63) is 23.8 Å². The van der Waals surface area contributed by atoms with Crippen LogP contribution in [0.1, 0.15) is 39.7 Å². The SMILES string of the molecule is CC[C@@H](C)C(=O)Nc1ccc(N(CC)CC)cc1C. The maximum atomic E-state index is 11.9. The van der Waals surface area contributed by atoms with Crippen molar-refractivity contribution in [2.75, 3.05) is 23.3 Å². The molecule has 1 rings (SSSR count). The van der Waals surface area contributed by atoms with Crippen LogP contribution in [0.3, 0.4) is 0 Å². The molecular formula is C16H26N2O. The summed E-state index contributed by atoms with van der Waals surface area (Å²) in [6, 6.07) is 6.22. The molecule has 0 saturated heterocycles. The van der Waals surface area contributed by atoms with Gasteiger partial charge in [0.15, 0.2) is 0 Å². The monoisotopic (exact) mass is 262 g/mol. The number of anilines is 2. The Morgan fingerprint density at radius 2 is 1.89 bits per heavy atom. The lowest BCUT2D eigenvalue weighted by atomic mass is 10.1. The smallest absolute Gasteiger partial charge is 0.227 e. The fourth-order valence-corrected chi connectivity index (χ4v) is 2.01. The van der Waals surface area contributed by atoms with Crippen LogP contribution in [0.5, 0.6) is 0 Å². The van der Waals surface area contributed by atoms with E-state index in [1.165, 1.54) is 5.69 Å². The van der Waals surface area contributed by atoms with Crippen LogP contribution in [-0.2, 0) is 4.79 Å². The van der Waals surface area contributed by atoms with Gasteiger partial charge in [0, 0.05) is 30.4 Å². The second kappa shape index (κ2) is 7.17. The Balaban J connectivity index is 2.86. The number of amides is 1. The molecule has 0 fully saturated rings. The molecule has 0 heterocycles. The quantitative estimate of drug-likeness (QED) is 0.845. The molecule has 0 aliphatic rings. The standard InChI is InChI=1S/C16H26N2O/c1-6-12(4)16(19)17-15-10-9-14(11-13(15)5)18(7-2)8-3/h9-12H,6-8H2,1-5H3,(H,17,19)/t12-/m1/s1. The third kappa shape index (κ3) is 3.98. The van der Waals surface area contributed by atoms with E-state index in [2.05, 4.69) is 36.2 Å². The number of rotatable bonds is 6. The van der Waals surface area contributed by atoms with Gasteiger partial charge in [0.25, 0.3) is 0 Å². The first kappa shape index (κ1) is 15.5. The second-order valence-electron chi connectivity index (χ2n) is 4.97. The molecule has 1 atom stereocenters. The number of hydrogen-bond acceptors (Lipinski definition) is 2. The molecule has 0 unspecified atom stereocenters. The van der Waals surface area contributed by atoms with E-state index in [-0.39, 0.29) is 11.8 Å². The summed E-state index contributed by atoms with van der Waals surface area (Å²) in [6.07, 6.45) is 0.864. The van der Waals surface area contributed by atoms with Crippen LogP contribution in [-0.4, -0.2) is 19.0 Å². The van der Waals surface area contributed by atoms with Gasteiger partial charge in [-0.3, -0.25) is 4.79 Å². The normalized spacial score (nSPS) is 12.1. The van der Waals surface area contributed by atoms with Crippen molar-refractivity contribution >= 4 is 17.3 Å². The van der Waals surface area contributed by atoms with Crippen LogP contribution in [0.4, 0.5) is 11.4 Å². The Bertz CT molecular complexity index is 425. The number of carbonyl (C=O) groups excluding carboxylic acids is 1. The molecule has 0 bridgehead atoms. The van der Waals surface area contributed by atoms with Gasteiger partial charge in [-0.05, 0) is 51.0 Å². The maximum absolute atomic E-state index is 11.9. The van der Waals surface area contributed by atoms with E-state index < -0.39 is 0 Å². The lowest BCUT2D eigenvalue weighted by Gasteiger charge is -2.22. The largest absolute Gasteiger partial charge is 0.372 e. The topological polar surface area (TPSA) is 32.3 Å². The molecule has 106 valence electrons. The van der Waals surface area contributed by atoms with E-state index in [0.29, 0.717) is 0 Å². The molecule has 19 heavy (non-hydrogen) atoms. The van der Waals surface area contributed by atoms with Gasteiger partial charge < -0.3 is 10.2 Å². The number of nitrogens with one attached hydrogen (secondary N) is 1. The Hall–Kier alpha value is -1.51. The molecule has 0 radical (unpaired) electrons. The van der Waals surface area contributed by atoms with Crippen LogP contribution in [0.25, 0.3) is 0 Å². The van der Waals surface area contributed by atoms with Crippen LogP contribution >= 0.6 is 0 Å². The highest BCUT2D eigenvalue weighted by Gasteiger charge is 2.12. The summed E-state index contributed by atoms with van der Waals surface area (Å²) in [6.45, 7) is 12.3. The van der Waals surface area contributed by atoms with Crippen molar-refractivity contribution in [2.45, 2.75) is 41.0 Å². The molecule has 0 spiro atoms. The van der Waals surface area contributed by atoms with Gasteiger partial charge in [-0.15, -0.1) is 0 Å². The van der Waals surface area contributed by atoms with E-state index in [9.17, 15) is 4.79 Å². The summed E-state index contributed by atoms with van der Waals surface area (Å²) in [5.41, 5.74) is 3.24. The Morgan fingerprint density at radius 1 is 1.26 bits per heavy atom. The molecule has 0 aliphatic heterocycles. The van der Waals surface area contributed by atoms with Crippen LogP contribution < -0.4 is 10.2 Å². The van der Waals surface area contributed by atoms with Crippen molar-refractivity contribution in [3.63, 3.8) is 0 Å².